The smallest absolute Gasteiger partial charge is 0.319 e. The van der Waals surface area contributed by atoms with Gasteiger partial charge in [0.25, 0.3) is 0 Å². The van der Waals surface area contributed by atoms with Gasteiger partial charge in [-0.25, -0.2) is 18.4 Å². The lowest BCUT2D eigenvalue weighted by molar-refractivity contribution is -0.118. The monoisotopic (exact) mass is 418 g/mol. The molecular formula is C20H26N4O4S. The fourth-order valence-electron chi connectivity index (χ4n) is 2.51. The van der Waals surface area contributed by atoms with Crippen molar-refractivity contribution in [2.75, 3.05) is 10.6 Å². The van der Waals surface area contributed by atoms with Crippen LogP contribution in [0.25, 0.3) is 0 Å². The molecule has 0 fully saturated rings. The zero-order valence-corrected chi connectivity index (χ0v) is 17.6. The van der Waals surface area contributed by atoms with E-state index in [1.807, 2.05) is 6.92 Å². The van der Waals surface area contributed by atoms with Crippen molar-refractivity contribution < 1.29 is 18.0 Å². The van der Waals surface area contributed by atoms with E-state index in [-0.39, 0.29) is 22.8 Å². The maximum Gasteiger partial charge on any atom is 0.319 e. The van der Waals surface area contributed by atoms with Gasteiger partial charge in [0.15, 0.2) is 0 Å². The fourth-order valence-corrected chi connectivity index (χ4v) is 3.02. The number of urea groups is 1. The van der Waals surface area contributed by atoms with Crippen molar-refractivity contribution in [3.05, 3.63) is 53.6 Å². The number of benzene rings is 2. The molecule has 2 aromatic carbocycles. The first-order valence-corrected chi connectivity index (χ1v) is 10.6. The van der Waals surface area contributed by atoms with Crippen molar-refractivity contribution >= 4 is 33.3 Å². The van der Waals surface area contributed by atoms with E-state index in [9.17, 15) is 18.0 Å². The van der Waals surface area contributed by atoms with Gasteiger partial charge < -0.3 is 16.0 Å². The van der Waals surface area contributed by atoms with Gasteiger partial charge in [0.2, 0.25) is 15.9 Å². The topological polar surface area (TPSA) is 130 Å². The molecular weight excluding hydrogens is 392 g/mol. The van der Waals surface area contributed by atoms with Crippen LogP contribution in [0.3, 0.4) is 0 Å². The number of primary sulfonamides is 1. The van der Waals surface area contributed by atoms with Gasteiger partial charge in [0.05, 0.1) is 10.9 Å². The third-order valence-electron chi connectivity index (χ3n) is 4.33. The van der Waals surface area contributed by atoms with E-state index < -0.39 is 16.1 Å². The number of hydrogen-bond acceptors (Lipinski definition) is 4. The van der Waals surface area contributed by atoms with Crippen molar-refractivity contribution in [3.8, 4) is 0 Å². The number of anilines is 2. The molecule has 0 aliphatic rings. The molecule has 2 rings (SSSR count). The Bertz CT molecular complexity index is 1000. The van der Waals surface area contributed by atoms with Crippen LogP contribution in [0.1, 0.15) is 37.9 Å². The molecule has 0 radical (unpaired) electrons. The number of amides is 3. The maximum absolute atomic E-state index is 12.4. The fraction of sp³-hybridized carbons (Fsp3) is 0.300. The second-order valence-corrected chi connectivity index (χ2v) is 8.67. The van der Waals surface area contributed by atoms with E-state index >= 15 is 0 Å². The normalized spacial score (nSPS) is 12.3. The molecule has 156 valence electrons. The molecule has 0 spiro atoms. The zero-order valence-electron chi connectivity index (χ0n) is 16.8. The van der Waals surface area contributed by atoms with Gasteiger partial charge in [-0.15, -0.1) is 0 Å². The molecule has 5 N–H and O–H groups in total. The molecule has 3 amide bonds. The largest absolute Gasteiger partial charge is 0.331 e. The predicted molar refractivity (Wildman–Crippen MR) is 113 cm³/mol. The number of rotatable bonds is 6. The lowest BCUT2D eigenvalue weighted by Crippen LogP contribution is -2.31. The van der Waals surface area contributed by atoms with Crippen LogP contribution >= 0.6 is 0 Å². The molecule has 0 saturated carbocycles. The molecule has 2 aromatic rings. The average Bonchev–Trinajstić information content (AvgIpc) is 2.63. The van der Waals surface area contributed by atoms with Crippen molar-refractivity contribution in [1.29, 1.82) is 0 Å². The summed E-state index contributed by atoms with van der Waals surface area (Å²) in [4.78, 5) is 24.3. The number of sulfonamides is 1. The number of carbonyl (C=O) groups is 2. The van der Waals surface area contributed by atoms with Crippen LogP contribution in [0.15, 0.2) is 47.4 Å². The van der Waals surface area contributed by atoms with E-state index in [1.165, 1.54) is 12.1 Å². The Hall–Kier alpha value is -2.91. The highest BCUT2D eigenvalue weighted by Crippen LogP contribution is 2.21. The van der Waals surface area contributed by atoms with Crippen LogP contribution in [0, 0.1) is 12.8 Å². The first-order chi connectivity index (χ1) is 13.5. The summed E-state index contributed by atoms with van der Waals surface area (Å²) in [7, 11) is -3.76. The predicted octanol–water partition coefficient (Wildman–Crippen LogP) is 3.12. The Balaban J connectivity index is 2.05. The standard InChI is InChI=1S/C20H26N4O4S/c1-12(2)19(25)23-16-8-5-13(3)18(11-16)24-20(26)22-14(4)15-6-9-17(10-7-15)29(21,27)28/h5-12,14H,1-4H3,(H,23,25)(H2,21,27,28)(H2,22,24,26). The Kier molecular flexibility index (Phi) is 6.99. The number of nitrogens with one attached hydrogen (secondary N) is 3. The maximum atomic E-state index is 12.4. The molecule has 1 unspecified atom stereocenters. The van der Waals surface area contributed by atoms with E-state index in [2.05, 4.69) is 16.0 Å². The molecule has 0 aliphatic heterocycles. The van der Waals surface area contributed by atoms with Crippen LogP contribution in [0.4, 0.5) is 16.2 Å². The van der Waals surface area contributed by atoms with Gasteiger partial charge in [0.1, 0.15) is 0 Å². The van der Waals surface area contributed by atoms with E-state index in [0.29, 0.717) is 11.4 Å². The van der Waals surface area contributed by atoms with Crippen LogP contribution < -0.4 is 21.1 Å². The van der Waals surface area contributed by atoms with Crippen LogP contribution in [-0.4, -0.2) is 20.4 Å². The van der Waals surface area contributed by atoms with Crippen LogP contribution in [0.5, 0.6) is 0 Å². The van der Waals surface area contributed by atoms with E-state index in [1.54, 1.807) is 51.1 Å². The minimum absolute atomic E-state index is 0.00814. The summed E-state index contributed by atoms with van der Waals surface area (Å²) in [6.07, 6.45) is 0. The summed E-state index contributed by atoms with van der Waals surface area (Å²) in [5, 5.41) is 13.4. The molecule has 8 nitrogen and oxygen atoms in total. The molecule has 0 heterocycles. The van der Waals surface area contributed by atoms with Gasteiger partial charge in [-0.1, -0.05) is 32.0 Å². The Morgan fingerprint density at radius 1 is 0.966 bits per heavy atom. The minimum atomic E-state index is -3.76. The average molecular weight is 419 g/mol. The molecule has 9 heteroatoms. The van der Waals surface area contributed by atoms with Gasteiger partial charge in [-0.05, 0) is 49.2 Å². The highest BCUT2D eigenvalue weighted by atomic mass is 32.2. The summed E-state index contributed by atoms with van der Waals surface area (Å²) in [5.41, 5.74) is 2.73. The molecule has 0 bridgehead atoms. The van der Waals surface area contributed by atoms with Crippen LogP contribution in [0.2, 0.25) is 0 Å². The Labute approximate surface area is 170 Å². The number of hydrogen-bond donors (Lipinski definition) is 4. The second-order valence-electron chi connectivity index (χ2n) is 7.11. The van der Waals surface area contributed by atoms with Gasteiger partial charge in [-0.3, -0.25) is 4.79 Å². The van der Waals surface area contributed by atoms with E-state index in [4.69, 9.17) is 5.14 Å². The number of carbonyl (C=O) groups excluding carboxylic acids is 2. The number of aryl methyl sites for hydroxylation is 1. The molecule has 29 heavy (non-hydrogen) atoms. The summed E-state index contributed by atoms with van der Waals surface area (Å²) in [5.74, 6) is -0.265. The quantitative estimate of drug-likeness (QED) is 0.574. The van der Waals surface area contributed by atoms with Crippen molar-refractivity contribution in [1.82, 2.24) is 5.32 Å². The second kappa shape index (κ2) is 9.06. The lowest BCUT2D eigenvalue weighted by atomic mass is 10.1. The third kappa shape index (κ3) is 6.30. The van der Waals surface area contributed by atoms with E-state index in [0.717, 1.165) is 11.1 Å². The van der Waals surface area contributed by atoms with Crippen molar-refractivity contribution in [3.63, 3.8) is 0 Å². The SMILES string of the molecule is Cc1ccc(NC(=O)C(C)C)cc1NC(=O)NC(C)c1ccc(S(N)(=O)=O)cc1. The molecule has 0 aromatic heterocycles. The summed E-state index contributed by atoms with van der Waals surface area (Å²) in [6, 6.07) is 10.5. The van der Waals surface area contributed by atoms with Gasteiger partial charge in [-0.2, -0.15) is 0 Å². The summed E-state index contributed by atoms with van der Waals surface area (Å²) in [6.45, 7) is 7.22. The van der Waals surface area contributed by atoms with Crippen LogP contribution in [-0.2, 0) is 14.8 Å². The zero-order chi connectivity index (χ0) is 21.8. The highest BCUT2D eigenvalue weighted by Gasteiger charge is 2.14. The van der Waals surface area contributed by atoms with Gasteiger partial charge in [0, 0.05) is 17.3 Å². The molecule has 0 saturated heterocycles. The molecule has 1 atom stereocenters. The summed E-state index contributed by atoms with van der Waals surface area (Å²) < 4.78 is 22.7. The molecule has 0 aliphatic carbocycles. The Morgan fingerprint density at radius 3 is 2.14 bits per heavy atom. The number of nitrogens with two attached hydrogens (primary N) is 1. The third-order valence-corrected chi connectivity index (χ3v) is 5.26. The summed E-state index contributed by atoms with van der Waals surface area (Å²) >= 11 is 0. The first-order valence-electron chi connectivity index (χ1n) is 9.09. The van der Waals surface area contributed by atoms with Crippen molar-refractivity contribution in [2.24, 2.45) is 11.1 Å². The minimum Gasteiger partial charge on any atom is -0.331 e. The Morgan fingerprint density at radius 2 is 1.59 bits per heavy atom. The highest BCUT2D eigenvalue weighted by molar-refractivity contribution is 7.89. The van der Waals surface area contributed by atoms with Gasteiger partial charge >= 0.3 is 6.03 Å². The lowest BCUT2D eigenvalue weighted by Gasteiger charge is -2.17. The first kappa shape index (κ1) is 22.4. The van der Waals surface area contributed by atoms with Crippen molar-refractivity contribution in [2.45, 2.75) is 38.6 Å².